The summed E-state index contributed by atoms with van der Waals surface area (Å²) >= 11 is 3.36. The molecule has 0 radical (unpaired) electrons. The topological polar surface area (TPSA) is 89.0 Å². The maximum atomic E-state index is 12.4. The highest BCUT2D eigenvalue weighted by Crippen LogP contribution is 2.23. The summed E-state index contributed by atoms with van der Waals surface area (Å²) in [6.45, 7) is 0. The second kappa shape index (κ2) is 10.4. The molecular formula is C23H20BrN3O4. The van der Waals surface area contributed by atoms with E-state index >= 15 is 0 Å². The lowest BCUT2D eigenvalue weighted by molar-refractivity contribution is 0.0954. The van der Waals surface area contributed by atoms with Gasteiger partial charge in [-0.05, 0) is 64.5 Å². The number of hydrogen-bond donors (Lipinski definition) is 2. The molecule has 3 aromatic rings. The number of methoxy groups -OCH3 is 2. The second-order valence-electron chi connectivity index (χ2n) is 6.32. The first-order chi connectivity index (χ1) is 15.0. The van der Waals surface area contributed by atoms with Crippen LogP contribution in [0.25, 0.3) is 0 Å². The maximum absolute atomic E-state index is 12.4. The summed E-state index contributed by atoms with van der Waals surface area (Å²) in [5.41, 5.74) is 4.65. The lowest BCUT2D eigenvalue weighted by Crippen LogP contribution is -2.18. The first kappa shape index (κ1) is 22.0. The highest BCUT2D eigenvalue weighted by molar-refractivity contribution is 9.10. The molecule has 8 heteroatoms. The van der Waals surface area contributed by atoms with E-state index in [0.29, 0.717) is 38.3 Å². The molecule has 0 aliphatic carbocycles. The van der Waals surface area contributed by atoms with Gasteiger partial charge in [0.15, 0.2) is 0 Å². The molecule has 158 valence electrons. The minimum absolute atomic E-state index is 0.247. The van der Waals surface area contributed by atoms with Crippen molar-refractivity contribution in [3.05, 3.63) is 87.9 Å². The molecule has 0 bridgehead atoms. The number of ether oxygens (including phenoxy) is 2. The van der Waals surface area contributed by atoms with Crippen molar-refractivity contribution >= 4 is 39.6 Å². The molecule has 3 aromatic carbocycles. The Bertz CT molecular complexity index is 1110. The van der Waals surface area contributed by atoms with Gasteiger partial charge in [-0.15, -0.1) is 0 Å². The molecule has 0 unspecified atom stereocenters. The van der Waals surface area contributed by atoms with Gasteiger partial charge in [0.2, 0.25) is 0 Å². The Labute approximate surface area is 188 Å². The Morgan fingerprint density at radius 1 is 0.935 bits per heavy atom. The fourth-order valence-electron chi connectivity index (χ4n) is 2.70. The van der Waals surface area contributed by atoms with Gasteiger partial charge >= 0.3 is 0 Å². The summed E-state index contributed by atoms with van der Waals surface area (Å²) in [4.78, 5) is 24.7. The van der Waals surface area contributed by atoms with Crippen molar-refractivity contribution in [1.29, 1.82) is 0 Å². The maximum Gasteiger partial charge on any atom is 0.271 e. The molecule has 0 saturated carbocycles. The van der Waals surface area contributed by atoms with Gasteiger partial charge < -0.3 is 14.8 Å². The number of amides is 2. The zero-order valence-corrected chi connectivity index (χ0v) is 18.5. The number of halogens is 1. The van der Waals surface area contributed by atoms with Gasteiger partial charge in [-0.3, -0.25) is 9.59 Å². The van der Waals surface area contributed by atoms with Crippen molar-refractivity contribution < 1.29 is 19.1 Å². The average molecular weight is 482 g/mol. The molecule has 0 saturated heterocycles. The van der Waals surface area contributed by atoms with Crippen molar-refractivity contribution in [3.63, 3.8) is 0 Å². The number of benzene rings is 3. The summed E-state index contributed by atoms with van der Waals surface area (Å²) < 4.78 is 11.2. The van der Waals surface area contributed by atoms with Crippen LogP contribution in [-0.2, 0) is 0 Å². The average Bonchev–Trinajstić information content (AvgIpc) is 2.79. The number of anilines is 1. The molecule has 0 spiro atoms. The molecule has 0 aromatic heterocycles. The Morgan fingerprint density at radius 2 is 1.68 bits per heavy atom. The fourth-order valence-corrected chi connectivity index (χ4v) is 3.16. The Hall–Kier alpha value is -3.65. The van der Waals surface area contributed by atoms with Crippen molar-refractivity contribution in [3.8, 4) is 11.5 Å². The van der Waals surface area contributed by atoms with Gasteiger partial charge in [-0.1, -0.05) is 12.1 Å². The monoisotopic (exact) mass is 481 g/mol. The van der Waals surface area contributed by atoms with E-state index in [0.717, 1.165) is 0 Å². The van der Waals surface area contributed by atoms with Crippen LogP contribution in [0.5, 0.6) is 11.5 Å². The largest absolute Gasteiger partial charge is 0.497 e. The number of hydrazone groups is 1. The van der Waals surface area contributed by atoms with E-state index in [1.54, 1.807) is 74.9 Å². The summed E-state index contributed by atoms with van der Waals surface area (Å²) in [7, 11) is 3.11. The van der Waals surface area contributed by atoms with Crippen LogP contribution in [0, 0.1) is 0 Å². The molecule has 7 nitrogen and oxygen atoms in total. The molecule has 31 heavy (non-hydrogen) atoms. The standard InChI is InChI=1S/C23H20BrN3O4/c1-30-18-12-9-16(21(13-18)31-2)14-25-27-22(28)15-7-10-17(11-8-15)26-23(29)19-5-3-4-6-20(19)24/h3-14H,1-2H3,(H,26,29)(H,27,28)/b25-14+. The molecule has 3 rings (SSSR count). The van der Waals surface area contributed by atoms with Crippen molar-refractivity contribution in [2.75, 3.05) is 19.5 Å². The van der Waals surface area contributed by atoms with Gasteiger partial charge in [0, 0.05) is 27.4 Å². The first-order valence-electron chi connectivity index (χ1n) is 9.23. The first-order valence-corrected chi connectivity index (χ1v) is 10.0. The smallest absolute Gasteiger partial charge is 0.271 e. The summed E-state index contributed by atoms with van der Waals surface area (Å²) in [6, 6.07) is 18.9. The van der Waals surface area contributed by atoms with E-state index in [1.807, 2.05) is 6.07 Å². The third-order valence-corrected chi connectivity index (χ3v) is 5.03. The lowest BCUT2D eigenvalue weighted by Gasteiger charge is -2.08. The summed E-state index contributed by atoms with van der Waals surface area (Å²) in [5, 5.41) is 6.78. The number of carbonyl (C=O) groups excluding carboxylic acids is 2. The van der Waals surface area contributed by atoms with Crippen LogP contribution >= 0.6 is 15.9 Å². The van der Waals surface area contributed by atoms with Crippen molar-refractivity contribution in [1.82, 2.24) is 5.43 Å². The number of hydrogen-bond acceptors (Lipinski definition) is 5. The van der Waals surface area contributed by atoms with Crippen LogP contribution in [0.3, 0.4) is 0 Å². The van der Waals surface area contributed by atoms with Crippen LogP contribution < -0.4 is 20.2 Å². The quantitative estimate of drug-likeness (QED) is 0.384. The Balaban J connectivity index is 1.61. The molecule has 0 atom stereocenters. The van der Waals surface area contributed by atoms with E-state index in [2.05, 4.69) is 31.8 Å². The minimum atomic E-state index is -0.382. The summed E-state index contributed by atoms with van der Waals surface area (Å²) in [6.07, 6.45) is 1.49. The lowest BCUT2D eigenvalue weighted by atomic mass is 10.1. The molecule has 2 N–H and O–H groups in total. The van der Waals surface area contributed by atoms with Crippen molar-refractivity contribution in [2.24, 2.45) is 5.10 Å². The normalized spacial score (nSPS) is 10.5. The number of nitrogens with zero attached hydrogens (tertiary/aromatic N) is 1. The second-order valence-corrected chi connectivity index (χ2v) is 7.17. The van der Waals surface area contributed by atoms with E-state index in [-0.39, 0.29) is 11.8 Å². The van der Waals surface area contributed by atoms with Crippen LogP contribution in [0.1, 0.15) is 26.3 Å². The van der Waals surface area contributed by atoms with Gasteiger partial charge in [0.1, 0.15) is 11.5 Å². The third kappa shape index (κ3) is 5.70. The van der Waals surface area contributed by atoms with Crippen LogP contribution in [0.2, 0.25) is 0 Å². The van der Waals surface area contributed by atoms with E-state index < -0.39 is 0 Å². The Kier molecular flexibility index (Phi) is 7.40. The fraction of sp³-hybridized carbons (Fsp3) is 0.0870. The van der Waals surface area contributed by atoms with E-state index in [9.17, 15) is 9.59 Å². The minimum Gasteiger partial charge on any atom is -0.497 e. The Morgan fingerprint density at radius 3 is 2.35 bits per heavy atom. The molecular weight excluding hydrogens is 462 g/mol. The molecule has 0 aliphatic heterocycles. The number of rotatable bonds is 7. The third-order valence-electron chi connectivity index (χ3n) is 4.33. The molecule has 0 fully saturated rings. The zero-order valence-electron chi connectivity index (χ0n) is 16.9. The van der Waals surface area contributed by atoms with Gasteiger partial charge in [0.25, 0.3) is 11.8 Å². The summed E-state index contributed by atoms with van der Waals surface area (Å²) in [5.74, 6) is 0.599. The predicted molar refractivity (Wildman–Crippen MR) is 123 cm³/mol. The molecule has 2 amide bonds. The van der Waals surface area contributed by atoms with Crippen molar-refractivity contribution in [2.45, 2.75) is 0 Å². The van der Waals surface area contributed by atoms with Crippen LogP contribution in [-0.4, -0.2) is 32.2 Å². The molecule has 0 heterocycles. The zero-order chi connectivity index (χ0) is 22.2. The van der Waals surface area contributed by atoms with E-state index in [1.165, 1.54) is 6.21 Å². The van der Waals surface area contributed by atoms with Crippen LogP contribution in [0.15, 0.2) is 76.3 Å². The molecule has 0 aliphatic rings. The van der Waals surface area contributed by atoms with E-state index in [4.69, 9.17) is 9.47 Å². The highest BCUT2D eigenvalue weighted by atomic mass is 79.9. The SMILES string of the molecule is COc1ccc(/C=N/NC(=O)c2ccc(NC(=O)c3ccccc3Br)cc2)c(OC)c1. The van der Waals surface area contributed by atoms with Gasteiger partial charge in [-0.2, -0.15) is 5.10 Å². The van der Waals surface area contributed by atoms with Crippen LogP contribution in [0.4, 0.5) is 5.69 Å². The predicted octanol–water partition coefficient (Wildman–Crippen LogP) is 4.48. The highest BCUT2D eigenvalue weighted by Gasteiger charge is 2.10. The van der Waals surface area contributed by atoms with Gasteiger partial charge in [0.05, 0.1) is 26.0 Å². The number of carbonyl (C=O) groups is 2. The number of nitrogens with one attached hydrogen (secondary N) is 2. The van der Waals surface area contributed by atoms with Gasteiger partial charge in [-0.25, -0.2) is 5.43 Å².